The van der Waals surface area contributed by atoms with Gasteiger partial charge < -0.3 is 9.15 Å². The van der Waals surface area contributed by atoms with Gasteiger partial charge in [0, 0.05) is 35.7 Å². The van der Waals surface area contributed by atoms with E-state index >= 15 is 0 Å². The predicted molar refractivity (Wildman–Crippen MR) is 119 cm³/mol. The van der Waals surface area contributed by atoms with Crippen LogP contribution in [0.1, 0.15) is 22.3 Å². The van der Waals surface area contributed by atoms with Crippen LogP contribution in [0.5, 0.6) is 5.75 Å². The van der Waals surface area contributed by atoms with Crippen LogP contribution in [0.25, 0.3) is 22.1 Å². The Morgan fingerprint density at radius 2 is 1.73 bits per heavy atom. The van der Waals surface area contributed by atoms with Gasteiger partial charge in [0.15, 0.2) is 0 Å². The van der Waals surface area contributed by atoms with Crippen LogP contribution in [0.3, 0.4) is 0 Å². The lowest BCUT2D eigenvalue weighted by atomic mass is 9.97. The van der Waals surface area contributed by atoms with Crippen molar-refractivity contribution in [3.63, 3.8) is 0 Å². The highest BCUT2D eigenvalue weighted by atomic mass is 16.5. The lowest BCUT2D eigenvalue weighted by Crippen LogP contribution is -2.31. The van der Waals surface area contributed by atoms with E-state index in [2.05, 4.69) is 42.2 Å². The number of hydrogen-bond acceptors (Lipinski definition) is 4. The molecule has 0 unspecified atom stereocenters. The smallest absolute Gasteiger partial charge is 0.336 e. The van der Waals surface area contributed by atoms with E-state index in [4.69, 9.17) is 9.15 Å². The van der Waals surface area contributed by atoms with E-state index in [1.54, 1.807) is 6.07 Å². The molecule has 0 radical (unpaired) electrons. The summed E-state index contributed by atoms with van der Waals surface area (Å²) in [7, 11) is 0. The maximum atomic E-state index is 12.3. The third kappa shape index (κ3) is 3.40. The summed E-state index contributed by atoms with van der Waals surface area (Å²) in [5.41, 5.74) is 6.67. The fourth-order valence-corrected chi connectivity index (χ4v) is 4.18. The Kier molecular flexibility index (Phi) is 4.64. The SMILES string of the molecule is Cc1ccc(CN2COc3c(cc4c(-c5ccccc5)cc(=O)oc4c3C)C2)cc1. The van der Waals surface area contributed by atoms with Crippen molar-refractivity contribution in [1.82, 2.24) is 4.90 Å². The molecule has 2 heterocycles. The highest BCUT2D eigenvalue weighted by Crippen LogP contribution is 2.38. The molecule has 0 bridgehead atoms. The Balaban J connectivity index is 1.57. The van der Waals surface area contributed by atoms with E-state index < -0.39 is 0 Å². The van der Waals surface area contributed by atoms with E-state index in [0.717, 1.165) is 46.5 Å². The van der Waals surface area contributed by atoms with Crippen molar-refractivity contribution < 1.29 is 9.15 Å². The lowest BCUT2D eigenvalue weighted by Gasteiger charge is -2.30. The minimum atomic E-state index is -0.346. The summed E-state index contributed by atoms with van der Waals surface area (Å²) < 4.78 is 11.7. The van der Waals surface area contributed by atoms with Gasteiger partial charge in [0.25, 0.3) is 0 Å². The third-order valence-corrected chi connectivity index (χ3v) is 5.69. The summed E-state index contributed by atoms with van der Waals surface area (Å²) in [5.74, 6) is 0.830. The first-order valence-corrected chi connectivity index (χ1v) is 10.1. The van der Waals surface area contributed by atoms with Crippen molar-refractivity contribution in [2.24, 2.45) is 0 Å². The van der Waals surface area contributed by atoms with Crippen LogP contribution in [0.4, 0.5) is 0 Å². The van der Waals surface area contributed by atoms with Crippen molar-refractivity contribution in [3.05, 3.63) is 99.4 Å². The zero-order chi connectivity index (χ0) is 20.7. The standard InChI is InChI=1S/C26H23NO3/c1-17-8-10-19(11-9-17)14-27-15-21-12-23-22(20-6-4-3-5-7-20)13-24(28)30-26(23)18(2)25(21)29-16-27/h3-13H,14-16H2,1-2H3. The molecule has 0 amide bonds. The van der Waals surface area contributed by atoms with Crippen molar-refractivity contribution in [3.8, 4) is 16.9 Å². The highest BCUT2D eigenvalue weighted by Gasteiger charge is 2.23. The Labute approximate surface area is 175 Å². The molecule has 150 valence electrons. The maximum absolute atomic E-state index is 12.3. The molecule has 0 N–H and O–H groups in total. The minimum absolute atomic E-state index is 0.346. The second kappa shape index (κ2) is 7.47. The lowest BCUT2D eigenvalue weighted by molar-refractivity contribution is 0.0881. The van der Waals surface area contributed by atoms with Gasteiger partial charge in [-0.1, -0.05) is 60.2 Å². The van der Waals surface area contributed by atoms with E-state index in [9.17, 15) is 4.79 Å². The van der Waals surface area contributed by atoms with Crippen LogP contribution in [-0.2, 0) is 13.1 Å². The van der Waals surface area contributed by atoms with Gasteiger partial charge in [-0.25, -0.2) is 4.79 Å². The third-order valence-electron chi connectivity index (χ3n) is 5.69. The first kappa shape index (κ1) is 18.6. The first-order chi connectivity index (χ1) is 14.6. The zero-order valence-corrected chi connectivity index (χ0v) is 17.1. The van der Waals surface area contributed by atoms with Crippen molar-refractivity contribution in [2.75, 3.05) is 6.73 Å². The molecular formula is C26H23NO3. The summed E-state index contributed by atoms with van der Waals surface area (Å²) >= 11 is 0. The summed E-state index contributed by atoms with van der Waals surface area (Å²) in [5, 5.41) is 0.942. The van der Waals surface area contributed by atoms with Gasteiger partial charge in [-0.05, 0) is 36.6 Å². The average molecular weight is 397 g/mol. The fourth-order valence-electron chi connectivity index (χ4n) is 4.18. The molecule has 3 aromatic carbocycles. The number of nitrogens with zero attached hydrogens (tertiary/aromatic N) is 1. The summed E-state index contributed by atoms with van der Waals surface area (Å²) in [6.07, 6.45) is 0. The number of aryl methyl sites for hydroxylation is 2. The number of ether oxygens (including phenoxy) is 1. The van der Waals surface area contributed by atoms with Crippen LogP contribution in [0.15, 0.2) is 75.9 Å². The topological polar surface area (TPSA) is 42.7 Å². The first-order valence-electron chi connectivity index (χ1n) is 10.1. The number of rotatable bonds is 3. The predicted octanol–water partition coefficient (Wildman–Crippen LogP) is 5.43. The molecular weight excluding hydrogens is 374 g/mol. The van der Waals surface area contributed by atoms with Gasteiger partial charge in [-0.15, -0.1) is 0 Å². The molecule has 4 heteroatoms. The van der Waals surface area contributed by atoms with Crippen LogP contribution in [0.2, 0.25) is 0 Å². The molecule has 1 aliphatic rings. The van der Waals surface area contributed by atoms with Crippen molar-refractivity contribution in [1.29, 1.82) is 0 Å². The van der Waals surface area contributed by atoms with Crippen LogP contribution < -0.4 is 10.4 Å². The normalized spacial score (nSPS) is 13.8. The zero-order valence-electron chi connectivity index (χ0n) is 17.1. The molecule has 0 fully saturated rings. The molecule has 0 saturated carbocycles. The van der Waals surface area contributed by atoms with Gasteiger partial charge in [0.1, 0.15) is 18.1 Å². The number of hydrogen-bond donors (Lipinski definition) is 0. The molecule has 0 saturated heterocycles. The minimum Gasteiger partial charge on any atom is -0.477 e. The van der Waals surface area contributed by atoms with E-state index in [1.807, 2.05) is 37.3 Å². The van der Waals surface area contributed by atoms with Gasteiger partial charge in [-0.2, -0.15) is 0 Å². The number of fused-ring (bicyclic) bond motifs is 2. The van der Waals surface area contributed by atoms with Crippen LogP contribution in [0, 0.1) is 13.8 Å². The Morgan fingerprint density at radius 1 is 0.967 bits per heavy atom. The molecule has 30 heavy (non-hydrogen) atoms. The van der Waals surface area contributed by atoms with Crippen molar-refractivity contribution in [2.45, 2.75) is 26.9 Å². The highest BCUT2D eigenvalue weighted by molar-refractivity contribution is 5.96. The quantitative estimate of drug-likeness (QED) is 0.433. The Morgan fingerprint density at radius 3 is 2.50 bits per heavy atom. The Bertz CT molecular complexity index is 1270. The average Bonchev–Trinajstić information content (AvgIpc) is 2.76. The molecule has 4 aromatic rings. The van der Waals surface area contributed by atoms with Crippen LogP contribution >= 0.6 is 0 Å². The van der Waals surface area contributed by atoms with E-state index in [-0.39, 0.29) is 5.63 Å². The fraction of sp³-hybridized carbons (Fsp3) is 0.192. The summed E-state index contributed by atoms with van der Waals surface area (Å²) in [4.78, 5) is 14.5. The van der Waals surface area contributed by atoms with Gasteiger partial charge in [0.2, 0.25) is 0 Å². The molecule has 4 nitrogen and oxygen atoms in total. The Hall–Kier alpha value is -3.37. The number of benzene rings is 3. The maximum Gasteiger partial charge on any atom is 0.336 e. The second-order valence-electron chi connectivity index (χ2n) is 7.96. The summed E-state index contributed by atoms with van der Waals surface area (Å²) in [6.45, 7) is 6.19. The van der Waals surface area contributed by atoms with Gasteiger partial charge in [-0.3, -0.25) is 4.90 Å². The van der Waals surface area contributed by atoms with E-state index in [1.165, 1.54) is 11.1 Å². The molecule has 0 aliphatic carbocycles. The van der Waals surface area contributed by atoms with Crippen molar-refractivity contribution >= 4 is 11.0 Å². The summed E-state index contributed by atoms with van der Waals surface area (Å²) in [6, 6.07) is 22.3. The van der Waals surface area contributed by atoms with Crippen LogP contribution in [-0.4, -0.2) is 11.6 Å². The molecule has 0 spiro atoms. The second-order valence-corrected chi connectivity index (χ2v) is 7.96. The monoisotopic (exact) mass is 397 g/mol. The molecule has 0 atom stereocenters. The largest absolute Gasteiger partial charge is 0.477 e. The molecule has 1 aliphatic heterocycles. The van der Waals surface area contributed by atoms with Gasteiger partial charge >= 0.3 is 5.63 Å². The van der Waals surface area contributed by atoms with E-state index in [0.29, 0.717) is 12.3 Å². The molecule has 5 rings (SSSR count). The van der Waals surface area contributed by atoms with Gasteiger partial charge in [0.05, 0.1) is 0 Å². The molecule has 1 aromatic heterocycles.